The van der Waals surface area contributed by atoms with E-state index in [0.717, 1.165) is 33.4 Å². The molecule has 330 valence electrons. The van der Waals surface area contributed by atoms with Crippen molar-refractivity contribution in [3.8, 4) is 0 Å². The number of ether oxygens (including phenoxy) is 8. The molecule has 1 aliphatic rings. The Labute approximate surface area is 373 Å². The maximum atomic E-state index is 7.14. The lowest BCUT2D eigenvalue weighted by Crippen LogP contribution is -2.62. The van der Waals surface area contributed by atoms with Crippen LogP contribution in [0.2, 0.25) is 0 Å². The summed E-state index contributed by atoms with van der Waals surface area (Å²) < 4.78 is 54.0. The summed E-state index contributed by atoms with van der Waals surface area (Å²) in [5, 5.41) is 0. The minimum Gasteiger partial charge on any atom is -0.374 e. The molecule has 2 N–H and O–H groups in total. The zero-order valence-corrected chi connectivity index (χ0v) is 36.1. The fraction of sp³-hybridized carbons (Fsp3) is 0.333. The zero-order valence-electron chi connectivity index (χ0n) is 36.1. The largest absolute Gasteiger partial charge is 0.374 e. The van der Waals surface area contributed by atoms with Gasteiger partial charge in [-0.05, 0) is 39.8 Å². The maximum Gasteiger partial charge on any atom is 0.187 e. The Morgan fingerprint density at radius 1 is 0.444 bits per heavy atom. The fourth-order valence-electron chi connectivity index (χ4n) is 7.68. The fourth-order valence-corrected chi connectivity index (χ4v) is 7.68. The Hall–Kier alpha value is -5.04. The molecule has 8 atom stereocenters. The van der Waals surface area contributed by atoms with Gasteiger partial charge < -0.3 is 43.6 Å². The highest BCUT2D eigenvalue weighted by Gasteiger charge is 2.49. The van der Waals surface area contributed by atoms with E-state index < -0.39 is 42.9 Å². The number of benzene rings is 6. The summed E-state index contributed by atoms with van der Waals surface area (Å²) in [4.78, 5) is 0. The Balaban J connectivity index is 1.17. The van der Waals surface area contributed by atoms with Crippen LogP contribution < -0.4 is 5.73 Å². The molecule has 0 amide bonds. The minimum atomic E-state index is -0.914. The van der Waals surface area contributed by atoms with Crippen molar-refractivity contribution in [3.63, 3.8) is 0 Å². The average Bonchev–Trinajstić information content (AvgIpc) is 3.34. The van der Waals surface area contributed by atoms with Gasteiger partial charge in [0.05, 0.1) is 65.0 Å². The zero-order chi connectivity index (χ0) is 43.3. The standard InChI is InChI=1S/C54H61NO8/c1-2-48(57-34-42-23-11-4-12-24-42)50(58-35-43-25-13-5-14-26-43)47(55)39-62-54-53(61-38-46-31-19-8-20-32-46)52(60-37-45-29-17-7-18-30-45)51(59-36-44-27-15-6-16-28-44)49(63-54)40-56-33-41-21-9-3-10-22-41/h3-32,47-54H,2,33-40,55H2,1H3/t47-,48+,49+,50-,51-,52-,53+,54-/m0/s1. The van der Waals surface area contributed by atoms with Gasteiger partial charge in [-0.25, -0.2) is 0 Å². The van der Waals surface area contributed by atoms with Crippen LogP contribution >= 0.6 is 0 Å². The van der Waals surface area contributed by atoms with Crippen LogP contribution in [0.25, 0.3) is 0 Å². The Kier molecular flexibility index (Phi) is 18.5. The van der Waals surface area contributed by atoms with Crippen LogP contribution in [0.3, 0.4) is 0 Å². The number of nitrogens with two attached hydrogens (primary N) is 1. The molecule has 9 heteroatoms. The van der Waals surface area contributed by atoms with E-state index in [1.54, 1.807) is 0 Å². The third-order valence-corrected chi connectivity index (χ3v) is 11.1. The van der Waals surface area contributed by atoms with E-state index in [1.165, 1.54) is 0 Å². The lowest BCUT2D eigenvalue weighted by Gasteiger charge is -2.46. The van der Waals surface area contributed by atoms with Gasteiger partial charge in [0.15, 0.2) is 6.29 Å². The van der Waals surface area contributed by atoms with Crippen molar-refractivity contribution in [2.75, 3.05) is 13.2 Å². The molecule has 0 spiro atoms. The van der Waals surface area contributed by atoms with E-state index >= 15 is 0 Å². The van der Waals surface area contributed by atoms with Gasteiger partial charge in [-0.3, -0.25) is 0 Å². The second-order valence-corrected chi connectivity index (χ2v) is 15.8. The van der Waals surface area contributed by atoms with Crippen molar-refractivity contribution >= 4 is 0 Å². The van der Waals surface area contributed by atoms with E-state index in [0.29, 0.717) is 46.1 Å². The number of rotatable bonds is 25. The molecule has 6 aromatic carbocycles. The van der Waals surface area contributed by atoms with Crippen LogP contribution in [0, 0.1) is 0 Å². The first-order chi connectivity index (χ1) is 31.1. The van der Waals surface area contributed by atoms with Crippen LogP contribution in [-0.4, -0.2) is 62.2 Å². The van der Waals surface area contributed by atoms with Gasteiger partial charge in [0, 0.05) is 0 Å². The summed E-state index contributed by atoms with van der Waals surface area (Å²) in [5.74, 6) is 0. The van der Waals surface area contributed by atoms with Crippen molar-refractivity contribution in [1.29, 1.82) is 0 Å². The molecule has 0 radical (unpaired) electrons. The molecule has 1 saturated heterocycles. The molecule has 0 bridgehead atoms. The van der Waals surface area contributed by atoms with E-state index in [9.17, 15) is 0 Å². The summed E-state index contributed by atoms with van der Waals surface area (Å²) in [6, 6.07) is 60.0. The van der Waals surface area contributed by atoms with Crippen LogP contribution in [0.1, 0.15) is 46.7 Å². The minimum absolute atomic E-state index is 0.0824. The van der Waals surface area contributed by atoms with Gasteiger partial charge in [-0.15, -0.1) is 0 Å². The van der Waals surface area contributed by atoms with Crippen molar-refractivity contribution in [1.82, 2.24) is 0 Å². The van der Waals surface area contributed by atoms with Gasteiger partial charge in [0.1, 0.15) is 30.5 Å². The van der Waals surface area contributed by atoms with Crippen molar-refractivity contribution in [2.45, 2.75) is 102 Å². The summed E-state index contributed by atoms with van der Waals surface area (Å²) in [6.07, 6.45) is -3.63. The first kappa shape index (κ1) is 46.0. The molecule has 1 heterocycles. The SMILES string of the molecule is CC[C@@H](OCc1ccccc1)[C@@H](OCc1ccccc1)[C@@H](N)CO[C@H]1O[C@H](COCc2ccccc2)[C@H](OCc2ccccc2)[C@H](OCc2ccccc2)[C@H]1OCc1ccccc1. The number of hydrogen-bond donors (Lipinski definition) is 1. The third-order valence-electron chi connectivity index (χ3n) is 11.1. The first-order valence-electron chi connectivity index (χ1n) is 22.0. The van der Waals surface area contributed by atoms with E-state index in [-0.39, 0.29) is 19.3 Å². The predicted molar refractivity (Wildman–Crippen MR) is 244 cm³/mol. The Bertz CT molecular complexity index is 2100. The summed E-state index contributed by atoms with van der Waals surface area (Å²) in [5.41, 5.74) is 13.3. The molecule has 0 unspecified atom stereocenters. The lowest BCUT2D eigenvalue weighted by atomic mass is 9.97. The van der Waals surface area contributed by atoms with E-state index in [1.807, 2.05) is 170 Å². The molecule has 0 aromatic heterocycles. The second kappa shape index (κ2) is 25.3. The van der Waals surface area contributed by atoms with Gasteiger partial charge >= 0.3 is 0 Å². The molecule has 9 nitrogen and oxygen atoms in total. The summed E-state index contributed by atoms with van der Waals surface area (Å²) >= 11 is 0. The molecular weight excluding hydrogens is 791 g/mol. The van der Waals surface area contributed by atoms with Crippen LogP contribution in [0.15, 0.2) is 182 Å². The van der Waals surface area contributed by atoms with E-state index in [2.05, 4.69) is 19.1 Å². The predicted octanol–water partition coefficient (Wildman–Crippen LogP) is 9.61. The third kappa shape index (κ3) is 14.5. The molecule has 7 rings (SSSR count). The van der Waals surface area contributed by atoms with Gasteiger partial charge in [0.25, 0.3) is 0 Å². The second-order valence-electron chi connectivity index (χ2n) is 15.8. The normalized spacial score (nSPS) is 20.2. The van der Waals surface area contributed by atoms with E-state index in [4.69, 9.17) is 43.6 Å². The molecular formula is C54H61NO8. The van der Waals surface area contributed by atoms with Crippen LogP contribution in [-0.2, 0) is 77.5 Å². The summed E-state index contributed by atoms with van der Waals surface area (Å²) in [7, 11) is 0. The maximum absolute atomic E-state index is 7.14. The quantitative estimate of drug-likeness (QED) is 0.0604. The van der Waals surface area contributed by atoms with Gasteiger partial charge in [-0.1, -0.05) is 189 Å². The molecule has 0 saturated carbocycles. The lowest BCUT2D eigenvalue weighted by molar-refractivity contribution is -0.329. The van der Waals surface area contributed by atoms with Crippen molar-refractivity contribution < 1.29 is 37.9 Å². The first-order valence-corrected chi connectivity index (χ1v) is 22.0. The number of hydrogen-bond acceptors (Lipinski definition) is 9. The van der Waals surface area contributed by atoms with Gasteiger partial charge in [0.2, 0.25) is 0 Å². The molecule has 1 fully saturated rings. The molecule has 63 heavy (non-hydrogen) atoms. The molecule has 6 aromatic rings. The average molecular weight is 852 g/mol. The topological polar surface area (TPSA) is 99.9 Å². The van der Waals surface area contributed by atoms with Crippen molar-refractivity contribution in [3.05, 3.63) is 215 Å². The van der Waals surface area contributed by atoms with Gasteiger partial charge in [-0.2, -0.15) is 0 Å². The van der Waals surface area contributed by atoms with Crippen LogP contribution in [0.5, 0.6) is 0 Å². The highest BCUT2D eigenvalue weighted by molar-refractivity contribution is 5.18. The molecule has 0 aliphatic carbocycles. The highest BCUT2D eigenvalue weighted by Crippen LogP contribution is 2.32. The monoisotopic (exact) mass is 851 g/mol. The van der Waals surface area contributed by atoms with Crippen LogP contribution in [0.4, 0.5) is 0 Å². The Morgan fingerprint density at radius 3 is 1.27 bits per heavy atom. The molecule has 1 aliphatic heterocycles. The highest BCUT2D eigenvalue weighted by atomic mass is 16.7. The summed E-state index contributed by atoms with van der Waals surface area (Å²) in [6.45, 7) is 4.51. The smallest absolute Gasteiger partial charge is 0.187 e. The Morgan fingerprint density at radius 2 is 0.825 bits per heavy atom. The van der Waals surface area contributed by atoms with Crippen molar-refractivity contribution in [2.24, 2.45) is 5.73 Å².